The molecule has 0 bridgehead atoms. The average Bonchev–Trinajstić information content (AvgIpc) is 2.68. The molecular formula is C21H25FIN3O2. The number of aryl methyl sites for hydroxylation is 1. The minimum Gasteiger partial charge on any atom is -0.467 e. The highest BCUT2D eigenvalue weighted by Crippen LogP contribution is 2.30. The van der Waals surface area contributed by atoms with Crippen LogP contribution in [-0.4, -0.2) is 19.3 Å². The van der Waals surface area contributed by atoms with Crippen molar-refractivity contribution >= 4 is 35.6 Å². The number of ether oxygens (including phenoxy) is 2. The Morgan fingerprint density at radius 3 is 2.93 bits per heavy atom. The first-order valence-corrected chi connectivity index (χ1v) is 9.40. The van der Waals surface area contributed by atoms with Crippen molar-refractivity contribution in [2.75, 3.05) is 18.7 Å². The van der Waals surface area contributed by atoms with E-state index in [0.29, 0.717) is 31.3 Å². The average molecular weight is 497 g/mol. The van der Waals surface area contributed by atoms with Gasteiger partial charge in [0.2, 0.25) is 0 Å². The number of aliphatic imine (C=N–C) groups is 1. The van der Waals surface area contributed by atoms with Gasteiger partial charge < -0.3 is 20.5 Å². The predicted octanol–water partition coefficient (Wildman–Crippen LogP) is 4.16. The molecule has 0 fully saturated rings. The summed E-state index contributed by atoms with van der Waals surface area (Å²) in [7, 11) is 0. The van der Waals surface area contributed by atoms with Crippen LogP contribution < -0.4 is 15.8 Å². The Kier molecular flexibility index (Phi) is 7.12. The van der Waals surface area contributed by atoms with E-state index >= 15 is 0 Å². The molecule has 28 heavy (non-hydrogen) atoms. The first-order valence-electron chi connectivity index (χ1n) is 9.40. The van der Waals surface area contributed by atoms with Crippen LogP contribution in [0.4, 0.5) is 10.1 Å². The molecule has 4 rings (SSSR count). The Hall–Kier alpha value is -1.87. The standard InChI is InChI=1S/C21H24FN3O2.HI/c22-17-10-15(20-16(11-17)12-26-13-27-20)8-9-24-21(23)25-19-7-3-5-14-4-1-2-6-18(14)19;/h3,5,7,10-11H,1-2,4,6,8-9,12-13H2,(H3,23,24,25);1H. The Bertz CT molecular complexity index is 873. The highest BCUT2D eigenvalue weighted by Gasteiger charge is 2.17. The summed E-state index contributed by atoms with van der Waals surface area (Å²) in [5, 5.41) is 3.23. The molecule has 1 aliphatic heterocycles. The lowest BCUT2D eigenvalue weighted by atomic mass is 9.90. The number of nitrogens with two attached hydrogens (primary N) is 1. The molecule has 0 spiro atoms. The van der Waals surface area contributed by atoms with Gasteiger partial charge in [-0.15, -0.1) is 24.0 Å². The van der Waals surface area contributed by atoms with Crippen molar-refractivity contribution in [3.8, 4) is 5.75 Å². The molecule has 0 aromatic heterocycles. The van der Waals surface area contributed by atoms with Crippen LogP contribution in [0.5, 0.6) is 5.75 Å². The number of rotatable bonds is 4. The van der Waals surface area contributed by atoms with Crippen LogP contribution in [0.25, 0.3) is 0 Å². The second kappa shape index (κ2) is 9.56. The zero-order valence-electron chi connectivity index (χ0n) is 15.7. The molecule has 3 N–H and O–H groups in total. The lowest BCUT2D eigenvalue weighted by molar-refractivity contribution is -0.0172. The highest BCUT2D eigenvalue weighted by molar-refractivity contribution is 14.0. The summed E-state index contributed by atoms with van der Waals surface area (Å²) < 4.78 is 24.6. The fourth-order valence-electron chi connectivity index (χ4n) is 3.82. The molecule has 7 heteroatoms. The second-order valence-electron chi connectivity index (χ2n) is 6.96. The number of nitrogens with zero attached hydrogens (tertiary/aromatic N) is 1. The Morgan fingerprint density at radius 1 is 1.18 bits per heavy atom. The van der Waals surface area contributed by atoms with Crippen molar-refractivity contribution in [3.63, 3.8) is 0 Å². The SMILES string of the molecule is I.NC(=NCCc1cc(F)cc2c1OCOC2)Nc1cccc2c1CCCC2. The normalized spacial score (nSPS) is 15.7. The minimum absolute atomic E-state index is 0. The summed E-state index contributed by atoms with van der Waals surface area (Å²) in [6, 6.07) is 9.23. The molecule has 1 heterocycles. The summed E-state index contributed by atoms with van der Waals surface area (Å²) in [5.41, 5.74) is 11.4. The number of fused-ring (bicyclic) bond motifs is 2. The van der Waals surface area contributed by atoms with E-state index in [1.807, 2.05) is 6.07 Å². The topological polar surface area (TPSA) is 68.9 Å². The number of nitrogens with one attached hydrogen (secondary N) is 1. The quantitative estimate of drug-likeness (QED) is 0.378. The largest absolute Gasteiger partial charge is 0.467 e. The molecule has 0 radical (unpaired) electrons. The summed E-state index contributed by atoms with van der Waals surface area (Å²) in [5.74, 6) is 0.800. The fourth-order valence-corrected chi connectivity index (χ4v) is 3.82. The maximum atomic E-state index is 13.8. The van der Waals surface area contributed by atoms with Gasteiger partial charge in [-0.1, -0.05) is 12.1 Å². The third-order valence-corrected chi connectivity index (χ3v) is 5.07. The molecule has 0 atom stereocenters. The summed E-state index contributed by atoms with van der Waals surface area (Å²) >= 11 is 0. The third-order valence-electron chi connectivity index (χ3n) is 5.07. The van der Waals surface area contributed by atoms with E-state index in [1.165, 1.54) is 36.1 Å². The number of hydrogen-bond acceptors (Lipinski definition) is 3. The molecule has 1 aliphatic carbocycles. The Morgan fingerprint density at radius 2 is 2.04 bits per heavy atom. The number of benzene rings is 2. The van der Waals surface area contributed by atoms with Crippen LogP contribution in [0, 0.1) is 5.82 Å². The van der Waals surface area contributed by atoms with Crippen LogP contribution in [0.15, 0.2) is 35.3 Å². The second-order valence-corrected chi connectivity index (χ2v) is 6.96. The predicted molar refractivity (Wildman–Crippen MR) is 119 cm³/mol. The first kappa shape index (κ1) is 20.9. The van der Waals surface area contributed by atoms with Gasteiger partial charge >= 0.3 is 0 Å². The minimum atomic E-state index is -0.288. The Balaban J connectivity index is 0.00000225. The number of hydrogen-bond donors (Lipinski definition) is 2. The van der Waals surface area contributed by atoms with Gasteiger partial charge in [-0.25, -0.2) is 4.39 Å². The number of anilines is 1. The van der Waals surface area contributed by atoms with E-state index in [4.69, 9.17) is 15.2 Å². The van der Waals surface area contributed by atoms with E-state index in [0.717, 1.165) is 29.7 Å². The maximum absolute atomic E-state index is 13.8. The molecule has 0 amide bonds. The molecular weight excluding hydrogens is 472 g/mol. The third kappa shape index (κ3) is 4.75. The summed E-state index contributed by atoms with van der Waals surface area (Å²) in [4.78, 5) is 4.42. The molecule has 5 nitrogen and oxygen atoms in total. The van der Waals surface area contributed by atoms with Gasteiger partial charge in [0.1, 0.15) is 11.6 Å². The van der Waals surface area contributed by atoms with Gasteiger partial charge in [-0.2, -0.15) is 0 Å². The zero-order chi connectivity index (χ0) is 18.6. The van der Waals surface area contributed by atoms with Crippen molar-refractivity contribution in [3.05, 3.63) is 58.4 Å². The van der Waals surface area contributed by atoms with E-state index in [-0.39, 0.29) is 36.6 Å². The smallest absolute Gasteiger partial charge is 0.193 e. The molecule has 2 aliphatic rings. The van der Waals surface area contributed by atoms with Crippen LogP contribution in [-0.2, 0) is 30.6 Å². The summed E-state index contributed by atoms with van der Waals surface area (Å²) in [6.45, 7) is 1.01. The molecule has 150 valence electrons. The van der Waals surface area contributed by atoms with Crippen molar-refractivity contribution < 1.29 is 13.9 Å². The molecule has 0 unspecified atom stereocenters. The van der Waals surface area contributed by atoms with Crippen LogP contribution in [0.2, 0.25) is 0 Å². The van der Waals surface area contributed by atoms with Gasteiger partial charge in [0.15, 0.2) is 12.8 Å². The van der Waals surface area contributed by atoms with Crippen molar-refractivity contribution in [2.45, 2.75) is 38.7 Å². The van der Waals surface area contributed by atoms with Gasteiger partial charge in [0.25, 0.3) is 0 Å². The molecule has 0 saturated heterocycles. The van der Waals surface area contributed by atoms with Crippen LogP contribution in [0.3, 0.4) is 0 Å². The van der Waals surface area contributed by atoms with Gasteiger partial charge in [-0.05, 0) is 67.0 Å². The maximum Gasteiger partial charge on any atom is 0.193 e. The van der Waals surface area contributed by atoms with E-state index in [9.17, 15) is 4.39 Å². The monoisotopic (exact) mass is 497 g/mol. The molecule has 0 saturated carbocycles. The van der Waals surface area contributed by atoms with Gasteiger partial charge in [-0.3, -0.25) is 4.99 Å². The highest BCUT2D eigenvalue weighted by atomic mass is 127. The Labute approximate surface area is 181 Å². The molecule has 2 aromatic carbocycles. The van der Waals surface area contributed by atoms with Crippen molar-refractivity contribution in [1.29, 1.82) is 0 Å². The van der Waals surface area contributed by atoms with E-state index in [2.05, 4.69) is 22.4 Å². The van der Waals surface area contributed by atoms with Crippen molar-refractivity contribution in [1.82, 2.24) is 0 Å². The lowest BCUT2D eigenvalue weighted by Gasteiger charge is -2.21. The number of halogens is 2. The fraction of sp³-hybridized carbons (Fsp3) is 0.381. The number of guanidine groups is 1. The summed E-state index contributed by atoms with van der Waals surface area (Å²) in [6.07, 6.45) is 5.19. The first-order chi connectivity index (χ1) is 13.2. The van der Waals surface area contributed by atoms with E-state index in [1.54, 1.807) is 0 Å². The molecule has 2 aromatic rings. The van der Waals surface area contributed by atoms with Gasteiger partial charge in [0, 0.05) is 17.8 Å². The van der Waals surface area contributed by atoms with Crippen molar-refractivity contribution in [2.24, 2.45) is 10.7 Å². The van der Waals surface area contributed by atoms with Crippen LogP contribution >= 0.6 is 24.0 Å². The van der Waals surface area contributed by atoms with Gasteiger partial charge in [0.05, 0.1) is 6.61 Å². The zero-order valence-corrected chi connectivity index (χ0v) is 18.0. The lowest BCUT2D eigenvalue weighted by Crippen LogP contribution is -2.24. The van der Waals surface area contributed by atoms with Crippen LogP contribution in [0.1, 0.15) is 35.1 Å². The van der Waals surface area contributed by atoms with E-state index < -0.39 is 0 Å².